The largest absolute Gasteiger partial charge is 0.748 e. The molecular formula is C10H13NO3S. The second kappa shape index (κ2) is 5.04. The van der Waals surface area contributed by atoms with Crippen LogP contribution in [0.5, 0.6) is 0 Å². The van der Waals surface area contributed by atoms with Crippen molar-refractivity contribution in [3.8, 4) is 0 Å². The minimum atomic E-state index is -4.10. The zero-order valence-corrected chi connectivity index (χ0v) is 9.11. The Morgan fingerprint density at radius 1 is 1.60 bits per heavy atom. The van der Waals surface area contributed by atoms with E-state index in [2.05, 4.69) is 6.58 Å². The minimum absolute atomic E-state index is 0.243. The van der Waals surface area contributed by atoms with Crippen LogP contribution >= 0.6 is 0 Å². The molecule has 0 bridgehead atoms. The molecule has 0 unspecified atom stereocenters. The van der Waals surface area contributed by atoms with E-state index in [0.29, 0.717) is 6.54 Å². The van der Waals surface area contributed by atoms with Gasteiger partial charge in [0.1, 0.15) is 6.21 Å². The average molecular weight is 227 g/mol. The molecule has 0 aromatic rings. The van der Waals surface area contributed by atoms with E-state index in [1.54, 1.807) is 12.3 Å². The van der Waals surface area contributed by atoms with Crippen molar-refractivity contribution in [3.05, 3.63) is 36.6 Å². The van der Waals surface area contributed by atoms with Crippen LogP contribution in [0, 0.1) is 0 Å². The summed E-state index contributed by atoms with van der Waals surface area (Å²) in [5.41, 5.74) is 1.04. The SMILES string of the molecule is C=CC1=CC[N+](=CCCS(=O)(=O)[O-])C=C1. The molecule has 0 aromatic carbocycles. The summed E-state index contributed by atoms with van der Waals surface area (Å²) in [6.07, 6.45) is 9.36. The molecule has 0 fully saturated rings. The molecule has 1 heterocycles. The van der Waals surface area contributed by atoms with Crippen LogP contribution in [0.4, 0.5) is 0 Å². The smallest absolute Gasteiger partial charge is 0.169 e. The molecule has 4 nitrogen and oxygen atoms in total. The summed E-state index contributed by atoms with van der Waals surface area (Å²) in [6, 6.07) is 0. The molecule has 0 atom stereocenters. The van der Waals surface area contributed by atoms with Crippen molar-refractivity contribution >= 4 is 16.3 Å². The van der Waals surface area contributed by atoms with Crippen molar-refractivity contribution in [1.29, 1.82) is 0 Å². The fourth-order valence-electron chi connectivity index (χ4n) is 1.17. The quantitative estimate of drug-likeness (QED) is 0.523. The summed E-state index contributed by atoms with van der Waals surface area (Å²) in [4.78, 5) is 0. The monoisotopic (exact) mass is 227 g/mol. The minimum Gasteiger partial charge on any atom is -0.748 e. The van der Waals surface area contributed by atoms with Crippen LogP contribution in [0.25, 0.3) is 0 Å². The van der Waals surface area contributed by atoms with Crippen LogP contribution in [0.15, 0.2) is 36.6 Å². The third-order valence-corrected chi connectivity index (χ3v) is 2.70. The lowest BCUT2D eigenvalue weighted by Gasteiger charge is -2.04. The highest BCUT2D eigenvalue weighted by atomic mass is 32.2. The van der Waals surface area contributed by atoms with E-state index < -0.39 is 10.1 Å². The van der Waals surface area contributed by atoms with E-state index in [1.807, 2.05) is 22.9 Å². The van der Waals surface area contributed by atoms with Gasteiger partial charge >= 0.3 is 0 Å². The predicted octanol–water partition coefficient (Wildman–Crippen LogP) is 0.645. The third-order valence-electron chi connectivity index (χ3n) is 1.96. The maximum atomic E-state index is 10.3. The van der Waals surface area contributed by atoms with E-state index in [4.69, 9.17) is 0 Å². The maximum Gasteiger partial charge on any atom is 0.169 e. The second-order valence-electron chi connectivity index (χ2n) is 3.15. The molecule has 82 valence electrons. The van der Waals surface area contributed by atoms with Gasteiger partial charge in [0, 0.05) is 18.2 Å². The second-order valence-corrected chi connectivity index (χ2v) is 4.68. The number of nitrogens with zero attached hydrogens (tertiary/aromatic N) is 1. The van der Waals surface area contributed by atoms with Gasteiger partial charge in [-0.1, -0.05) is 12.7 Å². The predicted molar refractivity (Wildman–Crippen MR) is 57.8 cm³/mol. The lowest BCUT2D eigenvalue weighted by Crippen LogP contribution is -2.12. The fraction of sp³-hybridized carbons (Fsp3) is 0.300. The van der Waals surface area contributed by atoms with Crippen molar-refractivity contribution < 1.29 is 17.5 Å². The standard InChI is InChI=1S/C10H13NO3S/c1-2-10-4-7-11(8-5-10)6-3-9-15(12,13)14/h2,4-7H,1,3,8-9H2. The van der Waals surface area contributed by atoms with E-state index in [1.165, 1.54) is 0 Å². The highest BCUT2D eigenvalue weighted by Crippen LogP contribution is 2.03. The Morgan fingerprint density at radius 2 is 2.33 bits per heavy atom. The lowest BCUT2D eigenvalue weighted by atomic mass is 10.2. The van der Waals surface area contributed by atoms with Gasteiger partial charge in [0.15, 0.2) is 12.7 Å². The number of hydrogen-bond acceptors (Lipinski definition) is 3. The van der Waals surface area contributed by atoms with Crippen LogP contribution in [0.1, 0.15) is 6.42 Å². The first-order valence-corrected chi connectivity index (χ1v) is 6.12. The molecule has 1 rings (SSSR count). The maximum absolute atomic E-state index is 10.3. The molecule has 0 N–H and O–H groups in total. The molecule has 1 aliphatic heterocycles. The zero-order valence-electron chi connectivity index (χ0n) is 8.30. The van der Waals surface area contributed by atoms with Crippen LogP contribution in [0.3, 0.4) is 0 Å². The zero-order chi connectivity index (χ0) is 11.3. The summed E-state index contributed by atoms with van der Waals surface area (Å²) < 4.78 is 32.8. The summed E-state index contributed by atoms with van der Waals surface area (Å²) in [5, 5.41) is 0. The average Bonchev–Trinajstić information content (AvgIpc) is 2.17. The molecule has 0 spiro atoms. The molecule has 5 heteroatoms. The molecule has 0 saturated carbocycles. The van der Waals surface area contributed by atoms with Crippen LogP contribution < -0.4 is 0 Å². The van der Waals surface area contributed by atoms with Crippen LogP contribution in [0.2, 0.25) is 0 Å². The highest BCUT2D eigenvalue weighted by Gasteiger charge is 2.04. The van der Waals surface area contributed by atoms with Gasteiger partial charge in [0.05, 0.1) is 10.1 Å². The first kappa shape index (κ1) is 11.9. The van der Waals surface area contributed by atoms with Crippen LogP contribution in [-0.4, -0.2) is 36.1 Å². The van der Waals surface area contributed by atoms with Gasteiger partial charge in [-0.25, -0.2) is 13.0 Å². The molecule has 15 heavy (non-hydrogen) atoms. The molecule has 0 aliphatic carbocycles. The van der Waals surface area contributed by atoms with Crippen molar-refractivity contribution in [1.82, 2.24) is 0 Å². The van der Waals surface area contributed by atoms with Gasteiger partial charge in [-0.3, -0.25) is 0 Å². The van der Waals surface area contributed by atoms with Crippen molar-refractivity contribution in [2.75, 3.05) is 12.3 Å². The van der Waals surface area contributed by atoms with Gasteiger partial charge < -0.3 is 4.55 Å². The third kappa shape index (κ3) is 4.71. The van der Waals surface area contributed by atoms with E-state index in [0.717, 1.165) is 5.57 Å². The molecule has 0 saturated heterocycles. The van der Waals surface area contributed by atoms with Crippen molar-refractivity contribution in [3.63, 3.8) is 0 Å². The molecule has 0 aromatic heterocycles. The summed E-state index contributed by atoms with van der Waals surface area (Å²) >= 11 is 0. The Bertz CT molecular complexity index is 430. The molecular weight excluding hydrogens is 214 g/mol. The van der Waals surface area contributed by atoms with Gasteiger partial charge in [0.25, 0.3) is 0 Å². The Hall–Kier alpha value is -1.20. The highest BCUT2D eigenvalue weighted by molar-refractivity contribution is 7.85. The Balaban J connectivity index is 2.49. The Kier molecular flexibility index (Phi) is 3.99. The number of allylic oxidation sites excluding steroid dienone is 3. The topological polar surface area (TPSA) is 60.2 Å². The fourth-order valence-corrected chi connectivity index (χ4v) is 1.57. The van der Waals surface area contributed by atoms with Gasteiger partial charge in [-0.15, -0.1) is 0 Å². The summed E-state index contributed by atoms with van der Waals surface area (Å²) in [6.45, 7) is 4.31. The Morgan fingerprint density at radius 3 is 2.80 bits per heavy atom. The van der Waals surface area contributed by atoms with E-state index in [9.17, 15) is 13.0 Å². The Labute approximate surface area is 89.7 Å². The first-order valence-electron chi connectivity index (χ1n) is 4.55. The van der Waals surface area contributed by atoms with E-state index in [-0.39, 0.29) is 12.2 Å². The van der Waals surface area contributed by atoms with E-state index >= 15 is 0 Å². The molecule has 0 amide bonds. The van der Waals surface area contributed by atoms with Crippen LogP contribution in [-0.2, 0) is 10.1 Å². The first-order chi connectivity index (χ1) is 7.01. The van der Waals surface area contributed by atoms with Gasteiger partial charge in [-0.2, -0.15) is 0 Å². The van der Waals surface area contributed by atoms with Crippen molar-refractivity contribution in [2.45, 2.75) is 6.42 Å². The van der Waals surface area contributed by atoms with Crippen molar-refractivity contribution in [2.24, 2.45) is 0 Å². The number of hydrogen-bond donors (Lipinski definition) is 0. The summed E-state index contributed by atoms with van der Waals surface area (Å²) in [7, 11) is -4.10. The molecule has 0 radical (unpaired) electrons. The van der Waals surface area contributed by atoms with Gasteiger partial charge in [-0.05, 0) is 11.6 Å². The summed E-state index contributed by atoms with van der Waals surface area (Å²) in [5.74, 6) is -0.352. The lowest BCUT2D eigenvalue weighted by molar-refractivity contribution is -0.442. The molecule has 1 aliphatic rings. The van der Waals surface area contributed by atoms with Gasteiger partial charge in [0.2, 0.25) is 0 Å². The normalized spacial score (nSPS) is 19.0. The number of rotatable bonds is 4.